The molecule has 0 bridgehead atoms. The van der Waals surface area contributed by atoms with Crippen LogP contribution < -0.4 is 30.6 Å². The van der Waals surface area contributed by atoms with E-state index in [1.54, 1.807) is 21.3 Å². The van der Waals surface area contributed by atoms with E-state index in [4.69, 9.17) is 14.2 Å². The molecule has 0 N–H and O–H groups in total. The number of quaternary nitrogens is 1. The number of ether oxygens (including phenoxy) is 3. The largest absolute Gasteiger partial charge is 0.497 e. The Morgan fingerprint density at radius 3 is 0.976 bits per heavy atom. The molecule has 42 heavy (non-hydrogen) atoms. The minimum atomic E-state index is -1.18. The summed E-state index contributed by atoms with van der Waals surface area (Å²) in [6, 6.07) is 26.1. The number of nitrogens with zero attached hydrogens (tertiary/aromatic N) is 1. The maximum atomic E-state index is 5.49. The number of unbranched alkanes of at least 4 members (excludes halogenated alkanes) is 9. The quantitative estimate of drug-likeness (QED) is 0.0952. The van der Waals surface area contributed by atoms with Crippen LogP contribution in [0.15, 0.2) is 72.8 Å². The topological polar surface area (TPSA) is 27.7 Å². The first-order valence-corrected chi connectivity index (χ1v) is 16.1. The molecule has 4 nitrogen and oxygen atoms in total. The zero-order valence-electron chi connectivity index (χ0n) is 28.0. The summed E-state index contributed by atoms with van der Waals surface area (Å²) in [5.41, 5.74) is 4.02. The lowest BCUT2D eigenvalue weighted by molar-refractivity contribution is -0.849. The first kappa shape index (κ1) is 35.3. The molecule has 0 fully saturated rings. The standard InChI is InChI=1S/C33H46BO3.C4H12N/c1-5-6-7-8-9-10-11-12-13-14-27-34(28-15-21-31(35-2)22-16-28,29-17-23-32(36-3)24-18-29)30-19-25-33(37-4)26-20-30;1-5(2,3)4/h15-26H,5-14,27H2,1-4H3;1-4H3/q-1;+1. The van der Waals surface area contributed by atoms with Gasteiger partial charge in [0, 0.05) is 0 Å². The second-order valence-corrected chi connectivity index (χ2v) is 13.0. The summed E-state index contributed by atoms with van der Waals surface area (Å²) >= 11 is 0. The van der Waals surface area contributed by atoms with E-state index in [9.17, 15) is 0 Å². The molecule has 232 valence electrons. The van der Waals surface area contributed by atoms with E-state index in [1.165, 1.54) is 80.6 Å². The maximum absolute atomic E-state index is 5.49. The summed E-state index contributed by atoms with van der Waals surface area (Å²) in [6.07, 6.45) is 13.3. The first-order valence-electron chi connectivity index (χ1n) is 16.1. The van der Waals surface area contributed by atoms with Gasteiger partial charge in [0.25, 0.3) is 0 Å². The number of hydrogen-bond acceptors (Lipinski definition) is 3. The van der Waals surface area contributed by atoms with Crippen molar-refractivity contribution in [1.82, 2.24) is 0 Å². The zero-order valence-corrected chi connectivity index (χ0v) is 28.0. The van der Waals surface area contributed by atoms with Gasteiger partial charge in [-0.2, -0.15) is 22.7 Å². The average Bonchev–Trinajstić information content (AvgIpc) is 2.99. The van der Waals surface area contributed by atoms with Crippen LogP contribution in [0.25, 0.3) is 0 Å². The smallest absolute Gasteiger partial charge is 0.118 e. The Bertz CT molecular complexity index is 984. The fraction of sp³-hybridized carbons (Fsp3) is 0.514. The Morgan fingerprint density at radius 2 is 0.714 bits per heavy atom. The van der Waals surface area contributed by atoms with Gasteiger partial charge in [-0.1, -0.05) is 108 Å². The van der Waals surface area contributed by atoms with Crippen LogP contribution in [0.3, 0.4) is 0 Å². The van der Waals surface area contributed by atoms with Crippen molar-refractivity contribution >= 4 is 22.5 Å². The fourth-order valence-corrected chi connectivity index (χ4v) is 5.81. The molecular formula is C37H58BNO3. The van der Waals surface area contributed by atoms with Gasteiger partial charge in [-0.25, -0.2) is 0 Å². The van der Waals surface area contributed by atoms with Crippen molar-refractivity contribution in [1.29, 1.82) is 0 Å². The molecule has 0 saturated heterocycles. The van der Waals surface area contributed by atoms with E-state index in [-0.39, 0.29) is 0 Å². The molecular weight excluding hydrogens is 517 g/mol. The van der Waals surface area contributed by atoms with Gasteiger partial charge in [-0.3, -0.25) is 0 Å². The molecule has 0 atom stereocenters. The molecule has 0 heterocycles. The Kier molecular flexibility index (Phi) is 15.6. The minimum Gasteiger partial charge on any atom is -0.497 e. The van der Waals surface area contributed by atoms with Crippen molar-refractivity contribution in [3.63, 3.8) is 0 Å². The minimum absolute atomic E-state index is 0.886. The van der Waals surface area contributed by atoms with Crippen molar-refractivity contribution in [3.8, 4) is 17.2 Å². The summed E-state index contributed by atoms with van der Waals surface area (Å²) < 4.78 is 17.5. The van der Waals surface area contributed by atoms with Gasteiger partial charge in [-0.05, 0) is 36.4 Å². The summed E-state index contributed by atoms with van der Waals surface area (Å²) in [5.74, 6) is 2.66. The summed E-state index contributed by atoms with van der Waals surface area (Å²) in [4.78, 5) is 0. The van der Waals surface area contributed by atoms with Gasteiger partial charge in [0.05, 0.1) is 55.7 Å². The monoisotopic (exact) mass is 575 g/mol. The van der Waals surface area contributed by atoms with Crippen molar-refractivity contribution in [2.45, 2.75) is 77.5 Å². The molecule has 3 aromatic carbocycles. The summed E-state index contributed by atoms with van der Waals surface area (Å²) in [6.45, 7) is 2.28. The highest BCUT2D eigenvalue weighted by molar-refractivity contribution is 7.11. The molecule has 0 aromatic heterocycles. The molecule has 0 saturated carbocycles. The molecule has 5 heteroatoms. The van der Waals surface area contributed by atoms with Gasteiger partial charge in [0.1, 0.15) is 17.2 Å². The molecule has 0 aliphatic rings. The highest BCUT2D eigenvalue weighted by Gasteiger charge is 2.29. The van der Waals surface area contributed by atoms with Crippen LogP contribution in [0.2, 0.25) is 6.32 Å². The lowest BCUT2D eigenvalue weighted by Gasteiger charge is -2.43. The SMILES string of the molecule is CCCCCCCCCCCC[B-](c1ccc(OC)cc1)(c1ccc(OC)cc1)c1ccc(OC)cc1.C[N+](C)(C)C. The van der Waals surface area contributed by atoms with Crippen LogP contribution in [0, 0.1) is 0 Å². The van der Waals surface area contributed by atoms with E-state index in [1.807, 2.05) is 0 Å². The average molecular weight is 576 g/mol. The Hall–Kier alpha value is -2.92. The van der Waals surface area contributed by atoms with Gasteiger partial charge in [0.2, 0.25) is 0 Å². The first-order chi connectivity index (χ1) is 20.2. The van der Waals surface area contributed by atoms with E-state index in [0.717, 1.165) is 28.1 Å². The molecule has 0 spiro atoms. The van der Waals surface area contributed by atoms with Gasteiger partial charge in [0.15, 0.2) is 0 Å². The number of hydrogen-bond donors (Lipinski definition) is 0. The third-order valence-corrected chi connectivity index (χ3v) is 8.05. The second-order valence-electron chi connectivity index (χ2n) is 13.0. The summed E-state index contributed by atoms with van der Waals surface area (Å²) in [7, 11) is 13.7. The normalized spacial score (nSPS) is 11.4. The molecule has 0 unspecified atom stereocenters. The molecule has 3 aromatic rings. The number of rotatable bonds is 17. The van der Waals surface area contributed by atoms with E-state index in [2.05, 4.69) is 108 Å². The van der Waals surface area contributed by atoms with Crippen molar-refractivity contribution in [3.05, 3.63) is 72.8 Å². The van der Waals surface area contributed by atoms with Crippen LogP contribution in [-0.4, -0.2) is 60.1 Å². The van der Waals surface area contributed by atoms with Crippen molar-refractivity contribution < 1.29 is 18.7 Å². The van der Waals surface area contributed by atoms with E-state index < -0.39 is 6.15 Å². The summed E-state index contributed by atoms with van der Waals surface area (Å²) in [5, 5.41) is 0. The highest BCUT2D eigenvalue weighted by Crippen LogP contribution is 2.22. The highest BCUT2D eigenvalue weighted by atomic mass is 16.5. The van der Waals surface area contributed by atoms with Crippen LogP contribution in [0.5, 0.6) is 17.2 Å². The Balaban J connectivity index is 0.00000113. The molecule has 0 aliphatic carbocycles. The van der Waals surface area contributed by atoms with Crippen LogP contribution in [-0.2, 0) is 0 Å². The number of methoxy groups -OCH3 is 3. The van der Waals surface area contributed by atoms with Crippen LogP contribution >= 0.6 is 0 Å². The predicted octanol–water partition coefficient (Wildman–Crippen LogP) is 7.43. The molecule has 3 rings (SSSR count). The third kappa shape index (κ3) is 11.8. The van der Waals surface area contributed by atoms with Crippen molar-refractivity contribution in [2.24, 2.45) is 0 Å². The lowest BCUT2D eigenvalue weighted by Crippen LogP contribution is -2.66. The van der Waals surface area contributed by atoms with Gasteiger partial charge in [-0.15, -0.1) is 0 Å². The molecule has 0 aliphatic heterocycles. The zero-order chi connectivity index (χ0) is 30.8. The molecule has 0 radical (unpaired) electrons. The van der Waals surface area contributed by atoms with E-state index >= 15 is 0 Å². The van der Waals surface area contributed by atoms with Crippen LogP contribution in [0.4, 0.5) is 0 Å². The predicted molar refractivity (Wildman–Crippen MR) is 184 cm³/mol. The van der Waals surface area contributed by atoms with Crippen molar-refractivity contribution in [2.75, 3.05) is 49.5 Å². The third-order valence-electron chi connectivity index (χ3n) is 8.05. The van der Waals surface area contributed by atoms with Crippen LogP contribution in [0.1, 0.15) is 71.1 Å². The second kappa shape index (κ2) is 18.6. The Morgan fingerprint density at radius 1 is 0.452 bits per heavy atom. The maximum Gasteiger partial charge on any atom is 0.118 e. The lowest BCUT2D eigenvalue weighted by atomic mass is 9.14. The van der Waals surface area contributed by atoms with Gasteiger partial charge >= 0.3 is 0 Å². The van der Waals surface area contributed by atoms with Gasteiger partial charge < -0.3 is 18.7 Å². The number of benzene rings is 3. The molecule has 0 amide bonds. The fourth-order valence-electron chi connectivity index (χ4n) is 5.81. The van der Waals surface area contributed by atoms with E-state index in [0.29, 0.717) is 0 Å². The Labute approximate surface area is 257 Å².